The highest BCUT2D eigenvalue weighted by Crippen LogP contribution is 2.35. The van der Waals surface area contributed by atoms with Crippen LogP contribution in [0.2, 0.25) is 0 Å². The Morgan fingerprint density at radius 3 is 2.64 bits per heavy atom. The quantitative estimate of drug-likeness (QED) is 0.0665. The molecule has 1 heterocycles. The highest BCUT2D eigenvalue weighted by atomic mass is 127. The second-order valence-electron chi connectivity index (χ2n) is 9.52. The Bertz CT molecular complexity index is 1570. The van der Waals surface area contributed by atoms with Gasteiger partial charge in [0.1, 0.15) is 24.8 Å². The van der Waals surface area contributed by atoms with Crippen molar-refractivity contribution in [3.63, 3.8) is 0 Å². The van der Waals surface area contributed by atoms with Gasteiger partial charge < -0.3 is 34.7 Å². The van der Waals surface area contributed by atoms with Crippen LogP contribution < -0.4 is 30.3 Å². The number of hydrogen-bond donors (Lipinski definition) is 4. The summed E-state index contributed by atoms with van der Waals surface area (Å²) in [6, 6.07) is 15.5. The smallest absolute Gasteiger partial charge is 0.337 e. The van der Waals surface area contributed by atoms with E-state index in [-0.39, 0.29) is 24.6 Å². The fourth-order valence-electron chi connectivity index (χ4n) is 4.32. The van der Waals surface area contributed by atoms with Gasteiger partial charge in [-0.3, -0.25) is 5.43 Å². The Morgan fingerprint density at radius 1 is 1.11 bits per heavy atom. The number of methoxy groups -OCH3 is 1. The minimum atomic E-state index is -1.14. The standard InChI is InChI=1S/C31H32FIN4O7/c1-4-42-26-14-21(29-28(30(39)41-3)18(2)35-31(40)36-29)9-11-25(26)44-17-27(38)37-34-15-19-8-10-24(23(33)13-19)43-16-20-6-5-7-22(32)12-20/h5-15,27,29,37-38H,4,16-17H2,1-3H3,(H2,35,36,40)/b34-15-/t27-,29+/m1/s1. The number of amides is 2. The van der Waals surface area contributed by atoms with Crippen LogP contribution in [0.25, 0.3) is 0 Å². The number of carbonyl (C=O) groups is 2. The van der Waals surface area contributed by atoms with Crippen LogP contribution >= 0.6 is 22.6 Å². The van der Waals surface area contributed by atoms with Gasteiger partial charge in [0.15, 0.2) is 17.7 Å². The van der Waals surface area contributed by atoms with Crippen molar-refractivity contribution in [2.24, 2.45) is 5.10 Å². The number of urea groups is 1. The summed E-state index contributed by atoms with van der Waals surface area (Å²) in [5.41, 5.74) is 5.34. The molecule has 1 aliphatic rings. The molecule has 0 bridgehead atoms. The molecule has 13 heteroatoms. The fraction of sp³-hybridized carbons (Fsp3) is 0.258. The number of allylic oxidation sites excluding steroid dienone is 1. The molecule has 0 unspecified atom stereocenters. The van der Waals surface area contributed by atoms with Crippen LogP contribution in [0.5, 0.6) is 17.2 Å². The lowest BCUT2D eigenvalue weighted by Gasteiger charge is -2.28. The average Bonchev–Trinajstić information content (AvgIpc) is 2.99. The van der Waals surface area contributed by atoms with Gasteiger partial charge in [-0.15, -0.1) is 0 Å². The number of esters is 1. The van der Waals surface area contributed by atoms with Gasteiger partial charge in [0.25, 0.3) is 0 Å². The zero-order valence-electron chi connectivity index (χ0n) is 24.2. The van der Waals surface area contributed by atoms with Gasteiger partial charge in [0, 0.05) is 5.70 Å². The van der Waals surface area contributed by atoms with E-state index in [0.717, 1.165) is 14.7 Å². The number of benzene rings is 3. The number of nitrogens with one attached hydrogen (secondary N) is 3. The summed E-state index contributed by atoms with van der Waals surface area (Å²) in [4.78, 5) is 24.6. The molecule has 11 nitrogen and oxygen atoms in total. The molecule has 4 rings (SSSR count). The maximum Gasteiger partial charge on any atom is 0.337 e. The van der Waals surface area contributed by atoms with Crippen molar-refractivity contribution >= 4 is 40.8 Å². The molecule has 2 atom stereocenters. The number of hydrazone groups is 1. The molecule has 0 fully saturated rings. The van der Waals surface area contributed by atoms with Crippen molar-refractivity contribution in [3.8, 4) is 17.2 Å². The lowest BCUT2D eigenvalue weighted by atomic mass is 9.95. The first kappa shape index (κ1) is 32.5. The summed E-state index contributed by atoms with van der Waals surface area (Å²) >= 11 is 2.14. The first-order chi connectivity index (χ1) is 21.2. The first-order valence-corrected chi connectivity index (χ1v) is 14.7. The van der Waals surface area contributed by atoms with E-state index in [1.165, 1.54) is 19.2 Å². The van der Waals surface area contributed by atoms with Crippen molar-refractivity contribution < 1.29 is 38.0 Å². The number of carbonyl (C=O) groups excluding carboxylic acids is 2. The fourth-order valence-corrected chi connectivity index (χ4v) is 5.02. The molecule has 0 saturated heterocycles. The Kier molecular flexibility index (Phi) is 11.4. The van der Waals surface area contributed by atoms with Crippen molar-refractivity contribution in [2.75, 3.05) is 20.3 Å². The van der Waals surface area contributed by atoms with Crippen LogP contribution in [0.15, 0.2) is 77.0 Å². The maximum absolute atomic E-state index is 13.4. The Labute approximate surface area is 267 Å². The van der Waals surface area contributed by atoms with E-state index in [1.807, 2.05) is 13.0 Å². The molecule has 3 aromatic carbocycles. The summed E-state index contributed by atoms with van der Waals surface area (Å²) < 4.78 is 36.5. The lowest BCUT2D eigenvalue weighted by molar-refractivity contribution is -0.136. The molecule has 232 valence electrons. The summed E-state index contributed by atoms with van der Waals surface area (Å²) in [6.45, 7) is 3.84. The van der Waals surface area contributed by atoms with E-state index in [1.54, 1.807) is 55.6 Å². The van der Waals surface area contributed by atoms with Gasteiger partial charge in [-0.05, 0) is 95.6 Å². The third-order valence-electron chi connectivity index (χ3n) is 6.35. The van der Waals surface area contributed by atoms with Gasteiger partial charge >= 0.3 is 12.0 Å². The number of halogens is 2. The molecule has 4 N–H and O–H groups in total. The normalized spacial score (nSPS) is 15.3. The molecule has 0 aliphatic carbocycles. The predicted octanol–water partition coefficient (Wildman–Crippen LogP) is 4.53. The number of ether oxygens (including phenoxy) is 4. The van der Waals surface area contributed by atoms with E-state index < -0.39 is 24.3 Å². The minimum absolute atomic E-state index is 0.155. The Hall–Kier alpha value is -4.37. The minimum Gasteiger partial charge on any atom is -0.490 e. The molecule has 3 aromatic rings. The topological polar surface area (TPSA) is 140 Å². The number of aliphatic hydroxyl groups is 1. The van der Waals surface area contributed by atoms with Gasteiger partial charge in [-0.1, -0.05) is 18.2 Å². The second-order valence-corrected chi connectivity index (χ2v) is 10.7. The monoisotopic (exact) mass is 718 g/mol. The summed E-state index contributed by atoms with van der Waals surface area (Å²) in [5.74, 6) is 0.480. The molecular formula is C31H32FIN4O7. The Balaban J connectivity index is 1.34. The highest BCUT2D eigenvalue weighted by molar-refractivity contribution is 14.1. The highest BCUT2D eigenvalue weighted by Gasteiger charge is 2.32. The molecule has 0 aromatic heterocycles. The van der Waals surface area contributed by atoms with Crippen LogP contribution in [0, 0.1) is 9.39 Å². The zero-order chi connectivity index (χ0) is 31.6. The zero-order valence-corrected chi connectivity index (χ0v) is 26.4. The van der Waals surface area contributed by atoms with Gasteiger partial charge in [0.2, 0.25) is 0 Å². The maximum atomic E-state index is 13.4. The van der Waals surface area contributed by atoms with E-state index in [4.69, 9.17) is 18.9 Å². The van der Waals surface area contributed by atoms with Crippen molar-refractivity contribution in [1.82, 2.24) is 16.1 Å². The number of hydrogen-bond acceptors (Lipinski definition) is 9. The predicted molar refractivity (Wildman–Crippen MR) is 169 cm³/mol. The van der Waals surface area contributed by atoms with Crippen molar-refractivity contribution in [3.05, 3.63) is 98.0 Å². The Morgan fingerprint density at radius 2 is 1.91 bits per heavy atom. The SMILES string of the molecule is CCOc1cc([C@@H]2NC(=O)NC(C)=C2C(=O)OC)ccc1OC[C@@H](O)N/N=C\c1ccc(OCc2cccc(F)c2)c(I)c1. The largest absolute Gasteiger partial charge is 0.490 e. The molecular weight excluding hydrogens is 686 g/mol. The van der Waals surface area contributed by atoms with Crippen LogP contribution in [-0.2, 0) is 16.1 Å². The summed E-state index contributed by atoms with van der Waals surface area (Å²) in [6.07, 6.45) is 0.401. The van der Waals surface area contributed by atoms with Gasteiger partial charge in [-0.2, -0.15) is 5.10 Å². The van der Waals surface area contributed by atoms with Gasteiger partial charge in [-0.25, -0.2) is 14.0 Å². The van der Waals surface area contributed by atoms with Crippen LogP contribution in [0.4, 0.5) is 9.18 Å². The van der Waals surface area contributed by atoms with Crippen LogP contribution in [0.1, 0.15) is 36.6 Å². The van der Waals surface area contributed by atoms with E-state index in [2.05, 4.69) is 43.8 Å². The number of aliphatic hydroxyl groups excluding tert-OH is 1. The number of nitrogens with zero attached hydrogens (tertiary/aromatic N) is 1. The summed E-state index contributed by atoms with van der Waals surface area (Å²) in [7, 11) is 1.27. The third kappa shape index (κ3) is 8.60. The van der Waals surface area contributed by atoms with E-state index in [9.17, 15) is 19.1 Å². The first-order valence-electron chi connectivity index (χ1n) is 13.6. The molecule has 0 radical (unpaired) electrons. The average molecular weight is 719 g/mol. The van der Waals surface area contributed by atoms with Crippen LogP contribution in [-0.4, -0.2) is 49.9 Å². The lowest BCUT2D eigenvalue weighted by Crippen LogP contribution is -2.45. The van der Waals surface area contributed by atoms with Crippen molar-refractivity contribution in [2.45, 2.75) is 32.7 Å². The molecule has 2 amide bonds. The number of rotatable bonds is 13. The third-order valence-corrected chi connectivity index (χ3v) is 7.19. The molecule has 44 heavy (non-hydrogen) atoms. The second kappa shape index (κ2) is 15.4. The molecule has 0 saturated carbocycles. The molecule has 0 spiro atoms. The van der Waals surface area contributed by atoms with Crippen molar-refractivity contribution in [1.29, 1.82) is 0 Å². The summed E-state index contributed by atoms with van der Waals surface area (Å²) in [5, 5.41) is 19.8. The van der Waals surface area contributed by atoms with Gasteiger partial charge in [0.05, 0.1) is 35.1 Å². The molecule has 1 aliphatic heterocycles. The van der Waals surface area contributed by atoms with Crippen LogP contribution in [0.3, 0.4) is 0 Å². The van der Waals surface area contributed by atoms with E-state index >= 15 is 0 Å². The van der Waals surface area contributed by atoms with E-state index in [0.29, 0.717) is 35.1 Å².